The third-order valence-electron chi connectivity index (χ3n) is 4.71. The van der Waals surface area contributed by atoms with Crippen molar-refractivity contribution in [2.24, 2.45) is 0 Å². The van der Waals surface area contributed by atoms with Crippen molar-refractivity contribution in [1.29, 1.82) is 0 Å². The van der Waals surface area contributed by atoms with Gasteiger partial charge in [0.05, 0.1) is 10.2 Å². The van der Waals surface area contributed by atoms with Gasteiger partial charge in [0, 0.05) is 18.6 Å². The number of aromatic nitrogens is 2. The molecule has 0 bridgehead atoms. The summed E-state index contributed by atoms with van der Waals surface area (Å²) in [5.41, 5.74) is 2.35. The third-order valence-corrected chi connectivity index (χ3v) is 5.80. The summed E-state index contributed by atoms with van der Waals surface area (Å²) in [6.07, 6.45) is 7.00. The number of hydrogen-bond donors (Lipinski definition) is 1. The molecule has 0 amide bonds. The Hall–Kier alpha value is -1.20. The summed E-state index contributed by atoms with van der Waals surface area (Å²) in [5.74, 6) is 1.03. The van der Waals surface area contributed by atoms with Gasteiger partial charge in [0.25, 0.3) is 0 Å². The first kappa shape index (κ1) is 12.5. The molecule has 2 aliphatic heterocycles. The smallest absolute Gasteiger partial charge is 0.147 e. The molecule has 2 aromatic heterocycles. The van der Waals surface area contributed by atoms with Crippen molar-refractivity contribution >= 4 is 27.4 Å². The van der Waals surface area contributed by atoms with Gasteiger partial charge in [-0.15, -0.1) is 11.3 Å². The first-order valence-electron chi connectivity index (χ1n) is 7.52. The maximum absolute atomic E-state index is 4.49. The molecule has 0 aromatic carbocycles. The first-order valence-corrected chi connectivity index (χ1v) is 8.40. The Labute approximate surface area is 123 Å². The fourth-order valence-electron chi connectivity index (χ4n) is 3.66. The average molecular weight is 288 g/mol. The van der Waals surface area contributed by atoms with Crippen molar-refractivity contribution in [3.05, 3.63) is 17.3 Å². The highest BCUT2D eigenvalue weighted by Crippen LogP contribution is 2.33. The molecule has 0 spiro atoms. The Morgan fingerprint density at radius 1 is 1.25 bits per heavy atom. The van der Waals surface area contributed by atoms with Gasteiger partial charge in [0.1, 0.15) is 12.1 Å². The Bertz CT molecular complexity index is 623. The molecule has 0 aliphatic carbocycles. The van der Waals surface area contributed by atoms with E-state index in [0.29, 0.717) is 12.1 Å². The van der Waals surface area contributed by atoms with Crippen LogP contribution >= 0.6 is 11.3 Å². The van der Waals surface area contributed by atoms with Crippen LogP contribution in [0.3, 0.4) is 0 Å². The number of piperidine rings is 1. The van der Waals surface area contributed by atoms with Crippen LogP contribution in [0.2, 0.25) is 0 Å². The van der Waals surface area contributed by atoms with Crippen LogP contribution < -0.4 is 5.32 Å². The van der Waals surface area contributed by atoms with Crippen molar-refractivity contribution in [3.63, 3.8) is 0 Å². The number of nitrogens with zero attached hydrogens (tertiary/aromatic N) is 3. The molecule has 2 atom stereocenters. The quantitative estimate of drug-likeness (QED) is 0.922. The van der Waals surface area contributed by atoms with Gasteiger partial charge in [-0.2, -0.15) is 0 Å². The van der Waals surface area contributed by atoms with Gasteiger partial charge in [-0.3, -0.25) is 4.90 Å². The monoisotopic (exact) mass is 288 g/mol. The largest absolute Gasteiger partial charge is 0.364 e. The van der Waals surface area contributed by atoms with E-state index in [4.69, 9.17) is 0 Å². The predicted molar refractivity (Wildman–Crippen MR) is 83.4 cm³/mol. The molecule has 2 saturated heterocycles. The molecule has 0 unspecified atom stereocenters. The standard InChI is InChI=1S/C15H20N4S/c1-10-8-20-14-13(10)16-9-17-15(14)18-11-5-7-19-6-3-2-4-12(11)19/h8-9,11-12H,2-7H2,1H3,(H,16,17,18)/t11-,12-/m0/s1. The summed E-state index contributed by atoms with van der Waals surface area (Å²) >= 11 is 1.75. The Morgan fingerprint density at radius 3 is 3.15 bits per heavy atom. The number of hydrogen-bond acceptors (Lipinski definition) is 5. The van der Waals surface area contributed by atoms with Crippen LogP contribution in [0.25, 0.3) is 10.2 Å². The van der Waals surface area contributed by atoms with Gasteiger partial charge < -0.3 is 5.32 Å². The molecule has 4 nitrogen and oxygen atoms in total. The lowest BCUT2D eigenvalue weighted by Crippen LogP contribution is -2.41. The Morgan fingerprint density at radius 2 is 2.20 bits per heavy atom. The van der Waals surface area contributed by atoms with Crippen LogP contribution in [0.1, 0.15) is 31.2 Å². The van der Waals surface area contributed by atoms with E-state index in [1.807, 2.05) is 0 Å². The van der Waals surface area contributed by atoms with Crippen molar-refractivity contribution in [3.8, 4) is 0 Å². The Balaban J connectivity index is 1.61. The fourth-order valence-corrected chi connectivity index (χ4v) is 4.62. The zero-order valence-corrected chi connectivity index (χ0v) is 12.6. The molecule has 4 rings (SSSR count). The minimum atomic E-state index is 0.552. The zero-order chi connectivity index (χ0) is 13.5. The van der Waals surface area contributed by atoms with Crippen LogP contribution in [0.5, 0.6) is 0 Å². The minimum Gasteiger partial charge on any atom is -0.364 e. The summed E-state index contributed by atoms with van der Waals surface area (Å²) in [6, 6.07) is 1.26. The number of aryl methyl sites for hydroxylation is 1. The molecule has 0 radical (unpaired) electrons. The van der Waals surface area contributed by atoms with E-state index in [9.17, 15) is 0 Å². The molecular formula is C15H20N4S. The molecule has 2 aromatic rings. The summed E-state index contributed by atoms with van der Waals surface area (Å²) in [4.78, 5) is 11.5. The van der Waals surface area contributed by atoms with Crippen molar-refractivity contribution < 1.29 is 0 Å². The van der Waals surface area contributed by atoms with E-state index in [-0.39, 0.29) is 0 Å². The summed E-state index contributed by atoms with van der Waals surface area (Å²) in [7, 11) is 0. The van der Waals surface area contributed by atoms with Crippen molar-refractivity contribution in [2.45, 2.75) is 44.7 Å². The maximum atomic E-state index is 4.49. The van der Waals surface area contributed by atoms with Crippen LogP contribution in [0.15, 0.2) is 11.7 Å². The van der Waals surface area contributed by atoms with Gasteiger partial charge >= 0.3 is 0 Å². The molecular weight excluding hydrogens is 268 g/mol. The van der Waals surface area contributed by atoms with E-state index >= 15 is 0 Å². The highest BCUT2D eigenvalue weighted by Gasteiger charge is 2.35. The van der Waals surface area contributed by atoms with Gasteiger partial charge in [0.2, 0.25) is 0 Å². The van der Waals surface area contributed by atoms with E-state index in [1.54, 1.807) is 17.7 Å². The van der Waals surface area contributed by atoms with E-state index in [0.717, 1.165) is 11.3 Å². The van der Waals surface area contributed by atoms with E-state index in [2.05, 4.69) is 32.5 Å². The lowest BCUT2D eigenvalue weighted by Gasteiger charge is -2.32. The molecule has 5 heteroatoms. The Kier molecular flexibility index (Phi) is 3.11. The van der Waals surface area contributed by atoms with Crippen LogP contribution in [-0.4, -0.2) is 40.0 Å². The van der Waals surface area contributed by atoms with Gasteiger partial charge in [0.15, 0.2) is 0 Å². The fraction of sp³-hybridized carbons (Fsp3) is 0.600. The number of anilines is 1. The predicted octanol–water partition coefficient (Wildman–Crippen LogP) is 3.04. The topological polar surface area (TPSA) is 41.0 Å². The number of fused-ring (bicyclic) bond motifs is 2. The van der Waals surface area contributed by atoms with Crippen LogP contribution in [-0.2, 0) is 0 Å². The molecule has 4 heterocycles. The summed E-state index contributed by atoms with van der Waals surface area (Å²) in [6.45, 7) is 4.63. The lowest BCUT2D eigenvalue weighted by atomic mass is 9.99. The van der Waals surface area contributed by atoms with Crippen molar-refractivity contribution in [2.75, 3.05) is 18.4 Å². The highest BCUT2D eigenvalue weighted by atomic mass is 32.1. The molecule has 106 valence electrons. The van der Waals surface area contributed by atoms with Gasteiger partial charge in [-0.05, 0) is 43.7 Å². The summed E-state index contributed by atoms with van der Waals surface area (Å²) < 4.78 is 1.21. The van der Waals surface area contributed by atoms with Crippen LogP contribution in [0, 0.1) is 6.92 Å². The highest BCUT2D eigenvalue weighted by molar-refractivity contribution is 7.18. The molecule has 2 aliphatic rings. The molecule has 2 fully saturated rings. The second-order valence-corrected chi connectivity index (χ2v) is 6.84. The minimum absolute atomic E-state index is 0.552. The second-order valence-electron chi connectivity index (χ2n) is 5.96. The zero-order valence-electron chi connectivity index (χ0n) is 11.8. The number of rotatable bonds is 2. The number of thiophene rings is 1. The average Bonchev–Trinajstić information content (AvgIpc) is 3.05. The van der Waals surface area contributed by atoms with Crippen molar-refractivity contribution in [1.82, 2.24) is 14.9 Å². The van der Waals surface area contributed by atoms with Crippen LogP contribution in [0.4, 0.5) is 5.82 Å². The maximum Gasteiger partial charge on any atom is 0.147 e. The lowest BCUT2D eigenvalue weighted by molar-refractivity contribution is 0.192. The molecule has 1 N–H and O–H groups in total. The summed E-state index contributed by atoms with van der Waals surface area (Å²) in [5, 5.41) is 5.89. The van der Waals surface area contributed by atoms with E-state index < -0.39 is 0 Å². The molecule has 0 saturated carbocycles. The molecule has 20 heavy (non-hydrogen) atoms. The number of nitrogens with one attached hydrogen (secondary N) is 1. The van der Waals surface area contributed by atoms with E-state index in [1.165, 1.54) is 49.0 Å². The van der Waals surface area contributed by atoms with Gasteiger partial charge in [-0.25, -0.2) is 9.97 Å². The SMILES string of the molecule is Cc1csc2c(N[C@H]3CCN4CCCC[C@@H]34)ncnc12. The second kappa shape index (κ2) is 4.97. The third kappa shape index (κ3) is 2.00. The normalized spacial score (nSPS) is 26.9. The van der Waals surface area contributed by atoms with Gasteiger partial charge in [-0.1, -0.05) is 6.42 Å². The first-order chi connectivity index (χ1) is 9.83.